The monoisotopic (exact) mass is 466 g/mol. The molecular formula is C22H18N4O6S. The molecule has 2 aromatic carbocycles. The van der Waals surface area contributed by atoms with Gasteiger partial charge in [0, 0.05) is 25.2 Å². The largest absolute Gasteiger partial charge is 0.426 e. The van der Waals surface area contributed by atoms with Crippen LogP contribution in [-0.2, 0) is 14.8 Å². The molecule has 1 aliphatic heterocycles. The van der Waals surface area contributed by atoms with Crippen LogP contribution in [0.2, 0.25) is 0 Å². The van der Waals surface area contributed by atoms with E-state index in [1.807, 2.05) is 0 Å². The molecule has 1 heterocycles. The standard InChI is InChI=1S/C22H18N4O6S/c23-13-17(14-24)12-16-3-7-20(8-4-16)32-22(27)18-2-1-11-25(15-18)33(30,31)21-9-5-19(6-10-21)26(28)29/h3-10,12,18H,1-2,11,15H2. The van der Waals surface area contributed by atoms with Crippen molar-refractivity contribution < 1.29 is 22.9 Å². The molecule has 0 amide bonds. The summed E-state index contributed by atoms with van der Waals surface area (Å²) in [6.45, 7) is 0.164. The molecule has 0 bridgehead atoms. The van der Waals surface area contributed by atoms with Crippen LogP contribution in [0.3, 0.4) is 0 Å². The molecule has 33 heavy (non-hydrogen) atoms. The van der Waals surface area contributed by atoms with Crippen molar-refractivity contribution in [1.29, 1.82) is 10.5 Å². The Hall–Kier alpha value is -4.06. The number of nitro benzene ring substituents is 1. The van der Waals surface area contributed by atoms with Gasteiger partial charge in [-0.15, -0.1) is 0 Å². The summed E-state index contributed by atoms with van der Waals surface area (Å²) in [4.78, 5) is 22.7. The number of carbonyl (C=O) groups is 1. The van der Waals surface area contributed by atoms with Crippen LogP contribution in [0.1, 0.15) is 18.4 Å². The Morgan fingerprint density at radius 3 is 2.33 bits per heavy atom. The second-order valence-electron chi connectivity index (χ2n) is 7.22. The highest BCUT2D eigenvalue weighted by molar-refractivity contribution is 7.89. The van der Waals surface area contributed by atoms with E-state index in [1.54, 1.807) is 24.3 Å². The first kappa shape index (κ1) is 23.6. The van der Waals surface area contributed by atoms with E-state index < -0.39 is 26.8 Å². The number of hydrogen-bond donors (Lipinski definition) is 0. The third-order valence-electron chi connectivity index (χ3n) is 5.05. The third kappa shape index (κ3) is 5.60. The van der Waals surface area contributed by atoms with Crippen molar-refractivity contribution in [2.75, 3.05) is 13.1 Å². The zero-order valence-corrected chi connectivity index (χ0v) is 18.1. The smallest absolute Gasteiger partial charge is 0.315 e. The molecule has 0 aliphatic carbocycles. The Kier molecular flexibility index (Phi) is 7.18. The van der Waals surface area contributed by atoms with Gasteiger partial charge in [0.15, 0.2) is 0 Å². The number of nitriles is 2. The predicted molar refractivity (Wildman–Crippen MR) is 116 cm³/mol. The minimum absolute atomic E-state index is 0.0590. The minimum Gasteiger partial charge on any atom is -0.426 e. The van der Waals surface area contributed by atoms with E-state index in [4.69, 9.17) is 15.3 Å². The fourth-order valence-electron chi connectivity index (χ4n) is 3.33. The zero-order chi connectivity index (χ0) is 24.0. The van der Waals surface area contributed by atoms with E-state index in [2.05, 4.69) is 0 Å². The zero-order valence-electron chi connectivity index (χ0n) is 17.2. The molecule has 1 fully saturated rings. The van der Waals surface area contributed by atoms with Gasteiger partial charge in [0.2, 0.25) is 10.0 Å². The molecule has 2 aromatic rings. The summed E-state index contributed by atoms with van der Waals surface area (Å²) in [5, 5.41) is 28.4. The van der Waals surface area contributed by atoms with Gasteiger partial charge in [-0.3, -0.25) is 14.9 Å². The fourth-order valence-corrected chi connectivity index (χ4v) is 4.85. The lowest BCUT2D eigenvalue weighted by Gasteiger charge is -2.30. The quantitative estimate of drug-likeness (QED) is 0.207. The van der Waals surface area contributed by atoms with Crippen LogP contribution >= 0.6 is 0 Å². The van der Waals surface area contributed by atoms with Gasteiger partial charge in [-0.2, -0.15) is 14.8 Å². The fraction of sp³-hybridized carbons (Fsp3) is 0.227. The summed E-state index contributed by atoms with van der Waals surface area (Å²) in [7, 11) is -3.92. The average molecular weight is 466 g/mol. The highest BCUT2D eigenvalue weighted by Gasteiger charge is 2.34. The molecule has 1 atom stereocenters. The summed E-state index contributed by atoms with van der Waals surface area (Å²) < 4.78 is 32.4. The lowest BCUT2D eigenvalue weighted by atomic mass is 10.00. The lowest BCUT2D eigenvalue weighted by Crippen LogP contribution is -2.43. The van der Waals surface area contributed by atoms with E-state index >= 15 is 0 Å². The molecule has 10 nitrogen and oxygen atoms in total. The molecule has 0 saturated carbocycles. The number of carbonyl (C=O) groups excluding carboxylic acids is 1. The molecule has 1 saturated heterocycles. The normalized spacial score (nSPS) is 16.1. The molecule has 0 aromatic heterocycles. The van der Waals surface area contributed by atoms with Crippen LogP contribution in [0, 0.1) is 38.7 Å². The van der Waals surface area contributed by atoms with Crippen LogP contribution < -0.4 is 4.74 Å². The minimum atomic E-state index is -3.92. The maximum Gasteiger partial charge on any atom is 0.315 e. The van der Waals surface area contributed by atoms with Gasteiger partial charge in [0.25, 0.3) is 5.69 Å². The average Bonchev–Trinajstić information content (AvgIpc) is 2.83. The van der Waals surface area contributed by atoms with Crippen LogP contribution in [0.5, 0.6) is 5.75 Å². The number of ether oxygens (including phenoxy) is 1. The molecule has 11 heteroatoms. The second kappa shape index (κ2) is 10.0. The number of piperidine rings is 1. The first-order valence-corrected chi connectivity index (χ1v) is 11.3. The van der Waals surface area contributed by atoms with E-state index in [9.17, 15) is 23.3 Å². The van der Waals surface area contributed by atoms with Crippen molar-refractivity contribution >= 4 is 27.8 Å². The first-order valence-electron chi connectivity index (χ1n) is 9.83. The van der Waals surface area contributed by atoms with E-state index in [0.717, 1.165) is 12.1 Å². The Labute approximate surface area is 190 Å². The molecule has 0 radical (unpaired) electrons. The van der Waals surface area contributed by atoms with Crippen LogP contribution in [0.25, 0.3) is 6.08 Å². The first-order chi connectivity index (χ1) is 15.7. The van der Waals surface area contributed by atoms with Gasteiger partial charge in [-0.25, -0.2) is 8.42 Å². The molecule has 3 rings (SSSR count). The van der Waals surface area contributed by atoms with Gasteiger partial charge >= 0.3 is 5.97 Å². The second-order valence-corrected chi connectivity index (χ2v) is 9.16. The van der Waals surface area contributed by atoms with E-state index in [-0.39, 0.29) is 35.0 Å². The SMILES string of the molecule is N#CC(C#N)=Cc1ccc(OC(=O)C2CCCN(S(=O)(=O)c3ccc([N+](=O)[O-])cc3)C2)cc1. The van der Waals surface area contributed by atoms with Crippen LogP contribution in [0.4, 0.5) is 5.69 Å². The maximum absolute atomic E-state index is 12.9. The van der Waals surface area contributed by atoms with Gasteiger partial charge in [0.05, 0.1) is 15.7 Å². The van der Waals surface area contributed by atoms with Gasteiger partial charge in [-0.05, 0) is 48.7 Å². The van der Waals surface area contributed by atoms with Gasteiger partial charge < -0.3 is 4.74 Å². The molecule has 1 unspecified atom stereocenters. The van der Waals surface area contributed by atoms with Crippen LogP contribution in [0.15, 0.2) is 59.0 Å². The predicted octanol–water partition coefficient (Wildman–Crippen LogP) is 3.03. The summed E-state index contributed by atoms with van der Waals surface area (Å²) in [5.41, 5.74) is 0.314. The Balaban J connectivity index is 1.68. The highest BCUT2D eigenvalue weighted by Crippen LogP contribution is 2.26. The number of esters is 1. The number of rotatable bonds is 6. The number of non-ortho nitro benzene ring substituents is 1. The van der Waals surface area contributed by atoms with Crippen LogP contribution in [-0.4, -0.2) is 36.7 Å². The summed E-state index contributed by atoms with van der Waals surface area (Å²) in [5.74, 6) is -0.991. The lowest BCUT2D eigenvalue weighted by molar-refractivity contribution is -0.384. The third-order valence-corrected chi connectivity index (χ3v) is 6.93. The number of hydrogen-bond acceptors (Lipinski definition) is 8. The number of nitrogens with zero attached hydrogens (tertiary/aromatic N) is 4. The van der Waals surface area contributed by atoms with E-state index in [1.165, 1.54) is 34.6 Å². The summed E-state index contributed by atoms with van der Waals surface area (Å²) >= 11 is 0. The molecular weight excluding hydrogens is 448 g/mol. The van der Waals surface area contributed by atoms with Crippen molar-refractivity contribution in [3.05, 3.63) is 69.8 Å². The molecule has 0 spiro atoms. The van der Waals surface area contributed by atoms with Crippen molar-refractivity contribution in [3.8, 4) is 17.9 Å². The number of benzene rings is 2. The van der Waals surface area contributed by atoms with Crippen molar-refractivity contribution in [3.63, 3.8) is 0 Å². The maximum atomic E-state index is 12.9. The summed E-state index contributed by atoms with van der Waals surface area (Å²) in [6, 6.07) is 14.3. The van der Waals surface area contributed by atoms with Gasteiger partial charge in [0.1, 0.15) is 23.5 Å². The number of sulfonamides is 1. The Morgan fingerprint density at radius 2 is 1.76 bits per heavy atom. The van der Waals surface area contributed by atoms with E-state index in [0.29, 0.717) is 18.4 Å². The molecule has 1 aliphatic rings. The Bertz CT molecular complexity index is 1260. The van der Waals surface area contributed by atoms with Crippen molar-refractivity contribution in [1.82, 2.24) is 4.31 Å². The number of allylic oxidation sites excluding steroid dienone is 1. The van der Waals surface area contributed by atoms with Gasteiger partial charge in [-0.1, -0.05) is 12.1 Å². The summed E-state index contributed by atoms with van der Waals surface area (Å²) in [6.07, 6.45) is 2.31. The molecule has 168 valence electrons. The highest BCUT2D eigenvalue weighted by atomic mass is 32.2. The topological polar surface area (TPSA) is 154 Å². The Morgan fingerprint density at radius 1 is 1.12 bits per heavy atom. The van der Waals surface area contributed by atoms with Crippen molar-refractivity contribution in [2.24, 2.45) is 5.92 Å². The van der Waals surface area contributed by atoms with Crippen molar-refractivity contribution in [2.45, 2.75) is 17.7 Å². The number of nitro groups is 1. The molecule has 0 N–H and O–H groups in total.